The molecule has 3 aromatic rings. The van der Waals surface area contributed by atoms with Crippen molar-refractivity contribution in [1.29, 1.82) is 0 Å². The van der Waals surface area contributed by atoms with Gasteiger partial charge in [0.25, 0.3) is 17.4 Å². The number of fused-ring (bicyclic) bond motifs is 1. The minimum Gasteiger partial charge on any atom is -0.506 e. The van der Waals surface area contributed by atoms with E-state index in [-0.39, 0.29) is 5.56 Å². The minimum absolute atomic E-state index is 0.226. The Morgan fingerprint density at radius 2 is 1.72 bits per heavy atom. The van der Waals surface area contributed by atoms with Gasteiger partial charge in [0.15, 0.2) is 0 Å². The molecule has 0 bridgehead atoms. The Hall–Kier alpha value is -3.32. The molecule has 126 valence electrons. The molecule has 2 amide bonds. The van der Waals surface area contributed by atoms with Crippen molar-refractivity contribution in [3.63, 3.8) is 0 Å². The van der Waals surface area contributed by atoms with Crippen LogP contribution in [0.3, 0.4) is 0 Å². The molecule has 0 aliphatic rings. The van der Waals surface area contributed by atoms with Gasteiger partial charge in [-0.1, -0.05) is 29.8 Å². The van der Waals surface area contributed by atoms with Crippen molar-refractivity contribution in [3.8, 4) is 5.75 Å². The van der Waals surface area contributed by atoms with E-state index in [9.17, 15) is 19.5 Å². The largest absolute Gasteiger partial charge is 0.506 e. The van der Waals surface area contributed by atoms with Crippen LogP contribution in [-0.2, 0) is 0 Å². The molecule has 0 fully saturated rings. The zero-order valence-electron chi connectivity index (χ0n) is 12.7. The van der Waals surface area contributed by atoms with Crippen LogP contribution in [0.5, 0.6) is 5.75 Å². The summed E-state index contributed by atoms with van der Waals surface area (Å²) in [5.74, 6) is -2.03. The molecule has 2 aromatic carbocycles. The topological polar surface area (TPSA) is 111 Å². The molecule has 0 aliphatic heterocycles. The van der Waals surface area contributed by atoms with Crippen LogP contribution < -0.4 is 16.4 Å². The number of benzene rings is 2. The number of hydrogen-bond donors (Lipinski definition) is 4. The number of H-pyrrole nitrogens is 1. The molecular formula is C17H12ClN3O4. The molecular weight excluding hydrogens is 346 g/mol. The summed E-state index contributed by atoms with van der Waals surface area (Å²) in [7, 11) is 0. The number of halogens is 1. The summed E-state index contributed by atoms with van der Waals surface area (Å²) in [5, 5.41) is 10.9. The van der Waals surface area contributed by atoms with Crippen LogP contribution >= 0.6 is 11.6 Å². The highest BCUT2D eigenvalue weighted by Crippen LogP contribution is 2.24. The number of pyridine rings is 1. The summed E-state index contributed by atoms with van der Waals surface area (Å²) in [6.45, 7) is 0. The van der Waals surface area contributed by atoms with Crippen LogP contribution in [0, 0.1) is 0 Å². The molecule has 0 aliphatic carbocycles. The summed E-state index contributed by atoms with van der Waals surface area (Å²) in [5.41, 5.74) is 3.62. The monoisotopic (exact) mass is 357 g/mol. The van der Waals surface area contributed by atoms with E-state index < -0.39 is 28.7 Å². The lowest BCUT2D eigenvalue weighted by Crippen LogP contribution is -2.43. The van der Waals surface area contributed by atoms with Crippen molar-refractivity contribution in [2.24, 2.45) is 0 Å². The molecule has 0 saturated carbocycles. The fourth-order valence-corrected chi connectivity index (χ4v) is 2.50. The van der Waals surface area contributed by atoms with Gasteiger partial charge in [0.2, 0.25) is 0 Å². The standard InChI is InChI=1S/C17H12ClN3O4/c18-10-5-3-4-9(8-10)15(23)20-21-17(25)13-14(22)11-6-1-2-7-12(11)19-16(13)24/h1-8H,(H,20,23)(H,21,25)(H2,19,22,24). The van der Waals surface area contributed by atoms with E-state index in [4.69, 9.17) is 11.6 Å². The maximum absolute atomic E-state index is 12.2. The molecule has 7 nitrogen and oxygen atoms in total. The Morgan fingerprint density at radius 1 is 1.00 bits per heavy atom. The number of para-hydroxylation sites is 1. The number of aromatic nitrogens is 1. The smallest absolute Gasteiger partial charge is 0.279 e. The van der Waals surface area contributed by atoms with E-state index >= 15 is 0 Å². The van der Waals surface area contributed by atoms with Gasteiger partial charge in [-0.2, -0.15) is 0 Å². The summed E-state index contributed by atoms with van der Waals surface area (Å²) >= 11 is 5.80. The second-order valence-electron chi connectivity index (χ2n) is 5.14. The lowest BCUT2D eigenvalue weighted by molar-refractivity contribution is 0.0844. The first-order chi connectivity index (χ1) is 12.0. The normalized spacial score (nSPS) is 10.4. The van der Waals surface area contributed by atoms with Crippen LogP contribution in [0.4, 0.5) is 0 Å². The molecule has 1 aromatic heterocycles. The van der Waals surface area contributed by atoms with Crippen molar-refractivity contribution in [1.82, 2.24) is 15.8 Å². The SMILES string of the molecule is O=C(NNC(=O)c1c(O)c2ccccc2[nH]c1=O)c1cccc(Cl)c1. The molecule has 8 heteroatoms. The number of nitrogens with one attached hydrogen (secondary N) is 3. The first-order valence-electron chi connectivity index (χ1n) is 7.17. The van der Waals surface area contributed by atoms with Crippen LogP contribution in [0.15, 0.2) is 53.3 Å². The summed E-state index contributed by atoms with van der Waals surface area (Å²) in [6.07, 6.45) is 0. The van der Waals surface area contributed by atoms with Crippen LogP contribution in [0.2, 0.25) is 5.02 Å². The minimum atomic E-state index is -0.945. The Morgan fingerprint density at radius 3 is 2.48 bits per heavy atom. The van der Waals surface area contributed by atoms with Crippen molar-refractivity contribution < 1.29 is 14.7 Å². The van der Waals surface area contributed by atoms with Gasteiger partial charge in [-0.3, -0.25) is 25.2 Å². The average Bonchev–Trinajstić information content (AvgIpc) is 2.59. The highest BCUT2D eigenvalue weighted by molar-refractivity contribution is 6.31. The van der Waals surface area contributed by atoms with E-state index in [1.807, 2.05) is 0 Å². The number of aromatic hydroxyl groups is 1. The Labute approximate surface area is 146 Å². The van der Waals surface area contributed by atoms with Gasteiger partial charge in [0, 0.05) is 16.0 Å². The zero-order chi connectivity index (χ0) is 18.0. The third-order valence-corrected chi connectivity index (χ3v) is 3.73. The number of carbonyl (C=O) groups is 2. The number of amides is 2. The van der Waals surface area contributed by atoms with E-state index in [0.717, 1.165) is 0 Å². The molecule has 0 spiro atoms. The van der Waals surface area contributed by atoms with Crippen LogP contribution in [0.25, 0.3) is 10.9 Å². The summed E-state index contributed by atoms with van der Waals surface area (Å²) in [4.78, 5) is 38.7. The van der Waals surface area contributed by atoms with Gasteiger partial charge >= 0.3 is 0 Å². The van der Waals surface area contributed by atoms with Crippen LogP contribution in [-0.4, -0.2) is 21.9 Å². The number of hydrazine groups is 1. The Bertz CT molecular complexity index is 1050. The average molecular weight is 358 g/mol. The third-order valence-electron chi connectivity index (χ3n) is 3.50. The van der Waals surface area contributed by atoms with Gasteiger partial charge in [0.1, 0.15) is 11.3 Å². The van der Waals surface area contributed by atoms with Gasteiger partial charge in [-0.05, 0) is 30.3 Å². The second kappa shape index (κ2) is 6.66. The first-order valence-corrected chi connectivity index (χ1v) is 7.55. The maximum Gasteiger partial charge on any atom is 0.279 e. The molecule has 3 rings (SSSR count). The summed E-state index contributed by atoms with van der Waals surface area (Å²) < 4.78 is 0. The Kier molecular flexibility index (Phi) is 4.40. The highest BCUT2D eigenvalue weighted by atomic mass is 35.5. The lowest BCUT2D eigenvalue weighted by atomic mass is 10.1. The van der Waals surface area contributed by atoms with Gasteiger partial charge in [0.05, 0.1) is 5.52 Å². The second-order valence-corrected chi connectivity index (χ2v) is 5.58. The number of carbonyl (C=O) groups excluding carboxylic acids is 2. The first kappa shape index (κ1) is 16.5. The fraction of sp³-hybridized carbons (Fsp3) is 0. The molecule has 25 heavy (non-hydrogen) atoms. The van der Waals surface area contributed by atoms with Crippen LogP contribution in [0.1, 0.15) is 20.7 Å². The van der Waals surface area contributed by atoms with E-state index in [2.05, 4.69) is 15.8 Å². The van der Waals surface area contributed by atoms with E-state index in [0.29, 0.717) is 15.9 Å². The predicted molar refractivity (Wildman–Crippen MR) is 92.6 cm³/mol. The molecule has 4 N–H and O–H groups in total. The zero-order valence-corrected chi connectivity index (χ0v) is 13.4. The van der Waals surface area contributed by atoms with Gasteiger partial charge in [-0.25, -0.2) is 0 Å². The quantitative estimate of drug-likeness (QED) is 0.525. The number of aromatic amines is 1. The molecule has 0 unspecified atom stereocenters. The summed E-state index contributed by atoms with van der Waals surface area (Å²) in [6, 6.07) is 12.6. The molecule has 0 radical (unpaired) electrons. The van der Waals surface area contributed by atoms with E-state index in [1.54, 1.807) is 36.4 Å². The van der Waals surface area contributed by atoms with Crippen molar-refractivity contribution in [2.75, 3.05) is 0 Å². The Balaban J connectivity index is 1.83. The lowest BCUT2D eigenvalue weighted by Gasteiger charge is -2.09. The predicted octanol–water partition coefficient (Wildman–Crippen LogP) is 1.96. The van der Waals surface area contributed by atoms with E-state index in [1.165, 1.54) is 12.1 Å². The molecule has 0 saturated heterocycles. The van der Waals surface area contributed by atoms with Gasteiger partial charge in [-0.15, -0.1) is 0 Å². The van der Waals surface area contributed by atoms with Crippen molar-refractivity contribution in [3.05, 3.63) is 75.0 Å². The molecule has 0 atom stereocenters. The highest BCUT2D eigenvalue weighted by Gasteiger charge is 2.19. The number of rotatable bonds is 2. The molecule has 1 heterocycles. The van der Waals surface area contributed by atoms with Crippen molar-refractivity contribution in [2.45, 2.75) is 0 Å². The fourth-order valence-electron chi connectivity index (χ4n) is 2.31. The van der Waals surface area contributed by atoms with Crippen molar-refractivity contribution >= 4 is 34.3 Å². The van der Waals surface area contributed by atoms with Gasteiger partial charge < -0.3 is 10.1 Å². The number of hydrogen-bond acceptors (Lipinski definition) is 4. The third kappa shape index (κ3) is 3.31. The maximum atomic E-state index is 12.2.